The molecule has 0 rings (SSSR count). The fourth-order valence-corrected chi connectivity index (χ4v) is 1.95. The highest BCUT2D eigenvalue weighted by atomic mass is 35.5. The van der Waals surface area contributed by atoms with Gasteiger partial charge < -0.3 is 0 Å². The smallest absolute Gasteiger partial charge is 0.221 e. The van der Waals surface area contributed by atoms with Gasteiger partial charge in [0, 0.05) is 6.42 Å². The Bertz CT molecular complexity index is 303. The van der Waals surface area contributed by atoms with Crippen LogP contribution in [0.5, 0.6) is 0 Å². The molecule has 0 fully saturated rings. The second-order valence-corrected chi connectivity index (χ2v) is 5.40. The maximum atomic E-state index is 10.5. The summed E-state index contributed by atoms with van der Waals surface area (Å²) in [4.78, 5) is 10.5. The summed E-state index contributed by atoms with van der Waals surface area (Å²) in [6.45, 7) is 2.23. The lowest BCUT2D eigenvalue weighted by atomic mass is 10.2. The van der Waals surface area contributed by atoms with Gasteiger partial charge in [0.05, 0.1) is 0 Å². The van der Waals surface area contributed by atoms with E-state index in [2.05, 4.69) is 43.4 Å². The molecule has 0 aromatic heterocycles. The predicted molar refractivity (Wildman–Crippen MR) is 90.1 cm³/mol. The molecular formula is C18H29ClO. The van der Waals surface area contributed by atoms with Crippen LogP contribution in [0.25, 0.3) is 0 Å². The molecule has 0 aliphatic heterocycles. The van der Waals surface area contributed by atoms with Crippen LogP contribution in [0.4, 0.5) is 0 Å². The summed E-state index contributed by atoms with van der Waals surface area (Å²) in [6, 6.07) is 0. The summed E-state index contributed by atoms with van der Waals surface area (Å²) in [5, 5.41) is -0.223. The Balaban J connectivity index is 3.32. The van der Waals surface area contributed by atoms with Crippen molar-refractivity contribution in [2.24, 2.45) is 0 Å². The fourth-order valence-electron chi connectivity index (χ4n) is 1.82. The molecule has 0 aliphatic rings. The molecule has 0 radical (unpaired) electrons. The SMILES string of the molecule is CCCCC/C=C/C/C=C\C/C=C\CCCCC(=O)Cl. The van der Waals surface area contributed by atoms with Gasteiger partial charge in [-0.2, -0.15) is 0 Å². The minimum atomic E-state index is -0.223. The lowest BCUT2D eigenvalue weighted by Crippen LogP contribution is -1.84. The summed E-state index contributed by atoms with van der Waals surface area (Å²) < 4.78 is 0. The summed E-state index contributed by atoms with van der Waals surface area (Å²) in [6.07, 6.45) is 24.0. The lowest BCUT2D eigenvalue weighted by Gasteiger charge is -1.92. The van der Waals surface area contributed by atoms with Crippen LogP contribution in [0, 0.1) is 0 Å². The normalized spacial score (nSPS) is 12.1. The molecule has 0 unspecified atom stereocenters. The zero-order chi connectivity index (χ0) is 14.9. The molecule has 0 aromatic carbocycles. The van der Waals surface area contributed by atoms with E-state index >= 15 is 0 Å². The van der Waals surface area contributed by atoms with Crippen molar-refractivity contribution in [2.75, 3.05) is 0 Å². The summed E-state index contributed by atoms with van der Waals surface area (Å²) in [5.74, 6) is 0. The van der Waals surface area contributed by atoms with Crippen molar-refractivity contribution in [2.45, 2.75) is 71.1 Å². The number of carbonyl (C=O) groups is 1. The topological polar surface area (TPSA) is 17.1 Å². The summed E-state index contributed by atoms with van der Waals surface area (Å²) >= 11 is 5.26. The summed E-state index contributed by atoms with van der Waals surface area (Å²) in [5.41, 5.74) is 0. The fraction of sp³-hybridized carbons (Fsp3) is 0.611. The predicted octanol–water partition coefficient (Wildman–Crippen LogP) is 6.34. The average Bonchev–Trinajstić information content (AvgIpc) is 2.43. The van der Waals surface area contributed by atoms with E-state index in [1.54, 1.807) is 0 Å². The summed E-state index contributed by atoms with van der Waals surface area (Å²) in [7, 11) is 0. The van der Waals surface area contributed by atoms with Gasteiger partial charge in [0.1, 0.15) is 0 Å². The molecular weight excluding hydrogens is 268 g/mol. The number of halogens is 1. The van der Waals surface area contributed by atoms with E-state index < -0.39 is 0 Å². The van der Waals surface area contributed by atoms with Gasteiger partial charge in [-0.3, -0.25) is 4.79 Å². The maximum absolute atomic E-state index is 10.5. The molecule has 1 nitrogen and oxygen atoms in total. The largest absolute Gasteiger partial charge is 0.281 e. The Morgan fingerprint density at radius 1 is 0.800 bits per heavy atom. The number of unbranched alkanes of at least 4 members (excludes halogenated alkanes) is 5. The first-order valence-corrected chi connectivity index (χ1v) is 8.28. The molecule has 0 amide bonds. The zero-order valence-electron chi connectivity index (χ0n) is 12.8. The quantitative estimate of drug-likeness (QED) is 0.220. The van der Waals surface area contributed by atoms with E-state index in [1.807, 2.05) is 0 Å². The first kappa shape index (κ1) is 19.2. The van der Waals surface area contributed by atoms with Gasteiger partial charge in [0.2, 0.25) is 5.24 Å². The van der Waals surface area contributed by atoms with Crippen molar-refractivity contribution in [1.29, 1.82) is 0 Å². The van der Waals surface area contributed by atoms with Gasteiger partial charge in [-0.25, -0.2) is 0 Å². The van der Waals surface area contributed by atoms with Crippen molar-refractivity contribution < 1.29 is 4.79 Å². The minimum absolute atomic E-state index is 0.223. The van der Waals surface area contributed by atoms with Crippen LogP contribution in [0.15, 0.2) is 36.5 Å². The molecule has 0 aliphatic carbocycles. The van der Waals surface area contributed by atoms with Crippen LogP contribution < -0.4 is 0 Å². The van der Waals surface area contributed by atoms with E-state index in [1.165, 1.54) is 25.7 Å². The number of hydrogen-bond acceptors (Lipinski definition) is 1. The Morgan fingerprint density at radius 2 is 1.30 bits per heavy atom. The highest BCUT2D eigenvalue weighted by Gasteiger charge is 1.93. The molecule has 0 saturated heterocycles. The zero-order valence-corrected chi connectivity index (χ0v) is 13.6. The van der Waals surface area contributed by atoms with E-state index in [0.717, 1.165) is 32.1 Å². The van der Waals surface area contributed by atoms with Gasteiger partial charge in [0.25, 0.3) is 0 Å². The third-order valence-electron chi connectivity index (χ3n) is 3.01. The van der Waals surface area contributed by atoms with E-state index in [-0.39, 0.29) is 5.24 Å². The molecule has 0 aromatic rings. The van der Waals surface area contributed by atoms with Gasteiger partial charge in [-0.15, -0.1) is 0 Å². The molecule has 0 saturated carbocycles. The Labute approximate surface area is 129 Å². The van der Waals surface area contributed by atoms with Crippen LogP contribution in [0.2, 0.25) is 0 Å². The van der Waals surface area contributed by atoms with Gasteiger partial charge in [-0.1, -0.05) is 56.2 Å². The van der Waals surface area contributed by atoms with Crippen LogP contribution in [0.1, 0.15) is 71.1 Å². The third kappa shape index (κ3) is 17.2. The van der Waals surface area contributed by atoms with Crippen LogP contribution in [-0.2, 0) is 4.79 Å². The van der Waals surface area contributed by atoms with Crippen molar-refractivity contribution >= 4 is 16.8 Å². The van der Waals surface area contributed by atoms with Crippen molar-refractivity contribution in [3.8, 4) is 0 Å². The molecule has 20 heavy (non-hydrogen) atoms. The Hall–Kier alpha value is -0.820. The molecule has 0 bridgehead atoms. The average molecular weight is 297 g/mol. The molecule has 0 N–H and O–H groups in total. The van der Waals surface area contributed by atoms with Crippen molar-refractivity contribution in [1.82, 2.24) is 0 Å². The van der Waals surface area contributed by atoms with E-state index in [4.69, 9.17) is 11.6 Å². The van der Waals surface area contributed by atoms with E-state index in [9.17, 15) is 4.79 Å². The number of carbonyl (C=O) groups excluding carboxylic acids is 1. The third-order valence-corrected chi connectivity index (χ3v) is 3.20. The molecule has 0 spiro atoms. The lowest BCUT2D eigenvalue weighted by molar-refractivity contribution is -0.111. The van der Waals surface area contributed by atoms with Gasteiger partial charge in [0.15, 0.2) is 0 Å². The number of hydrogen-bond donors (Lipinski definition) is 0. The van der Waals surface area contributed by atoms with Crippen LogP contribution in [0.3, 0.4) is 0 Å². The standard InChI is InChI=1S/C18H29ClO/c1-2-3-4-5-6-7-8-9-10-11-12-13-14-15-16-17-18(19)20/h6-7,9-10,12-13H,2-5,8,11,14-17H2,1H3/b7-6+,10-9-,13-12-. The Kier molecular flexibility index (Phi) is 15.6. The first-order valence-electron chi connectivity index (χ1n) is 7.90. The Morgan fingerprint density at radius 3 is 1.80 bits per heavy atom. The minimum Gasteiger partial charge on any atom is -0.281 e. The molecule has 2 heteroatoms. The molecule has 0 atom stereocenters. The highest BCUT2D eigenvalue weighted by molar-refractivity contribution is 6.63. The molecule has 0 heterocycles. The maximum Gasteiger partial charge on any atom is 0.221 e. The first-order chi connectivity index (χ1) is 9.77. The van der Waals surface area contributed by atoms with E-state index in [0.29, 0.717) is 6.42 Å². The van der Waals surface area contributed by atoms with Crippen molar-refractivity contribution in [3.63, 3.8) is 0 Å². The monoisotopic (exact) mass is 296 g/mol. The van der Waals surface area contributed by atoms with Crippen LogP contribution in [-0.4, -0.2) is 5.24 Å². The second-order valence-electron chi connectivity index (χ2n) is 4.98. The van der Waals surface area contributed by atoms with Crippen molar-refractivity contribution in [3.05, 3.63) is 36.5 Å². The van der Waals surface area contributed by atoms with Gasteiger partial charge in [-0.05, 0) is 56.5 Å². The second kappa shape index (κ2) is 16.2. The van der Waals surface area contributed by atoms with Crippen LogP contribution >= 0.6 is 11.6 Å². The number of rotatable bonds is 13. The van der Waals surface area contributed by atoms with Gasteiger partial charge >= 0.3 is 0 Å². The highest BCUT2D eigenvalue weighted by Crippen LogP contribution is 2.04. The number of allylic oxidation sites excluding steroid dienone is 6. The molecule has 114 valence electrons.